The molecule has 162 valence electrons. The molecule has 7 nitrogen and oxygen atoms in total. The Morgan fingerprint density at radius 2 is 1.74 bits per heavy atom. The molecule has 0 radical (unpaired) electrons. The fourth-order valence-electron chi connectivity index (χ4n) is 2.79. The molecule has 0 fully saturated rings. The number of anilines is 2. The average molecular weight is 450 g/mol. The number of carbonyl (C=O) groups excluding carboxylic acids is 1. The molecule has 0 aliphatic rings. The molecule has 0 bridgehead atoms. The number of aromatic nitrogens is 2. The molecule has 2 N–H and O–H groups in total. The summed E-state index contributed by atoms with van der Waals surface area (Å²) < 4.78 is 67.5. The molecule has 0 spiro atoms. The van der Waals surface area contributed by atoms with Crippen molar-refractivity contribution < 1.29 is 26.4 Å². The van der Waals surface area contributed by atoms with E-state index < -0.39 is 26.7 Å². The first-order chi connectivity index (χ1) is 14.5. The van der Waals surface area contributed by atoms with Crippen molar-refractivity contribution >= 4 is 27.4 Å². The normalized spacial score (nSPS) is 11.8. The van der Waals surface area contributed by atoms with Crippen molar-refractivity contribution in [1.82, 2.24) is 9.97 Å². The zero-order valence-corrected chi connectivity index (χ0v) is 17.2. The summed E-state index contributed by atoms with van der Waals surface area (Å²) >= 11 is 0. The van der Waals surface area contributed by atoms with Crippen molar-refractivity contribution in [2.24, 2.45) is 0 Å². The number of aryl methyl sites for hydroxylation is 1. The van der Waals surface area contributed by atoms with E-state index in [1.807, 2.05) is 0 Å². The van der Waals surface area contributed by atoms with E-state index in [1.54, 1.807) is 12.1 Å². The maximum atomic E-state index is 13.3. The Hall–Kier alpha value is -3.47. The topological polar surface area (TPSA) is 101 Å². The van der Waals surface area contributed by atoms with Crippen LogP contribution < -0.4 is 10.0 Å². The van der Waals surface area contributed by atoms with Gasteiger partial charge in [-0.2, -0.15) is 13.2 Å². The van der Waals surface area contributed by atoms with Gasteiger partial charge in [0.1, 0.15) is 5.82 Å². The van der Waals surface area contributed by atoms with Crippen molar-refractivity contribution in [2.45, 2.75) is 24.9 Å². The van der Waals surface area contributed by atoms with Crippen LogP contribution in [0.25, 0.3) is 11.1 Å². The standard InChI is InChI=1S/C20H17F3N4O3S/c1-12-17(27-31(29,30)18-6-4-3-5-16(18)20(21,22)23)9-15(11-25-12)14-7-8-24-19(10-14)26-13(2)28/h3-11,27H,1-2H3,(H,24,26,28). The Bertz CT molecular complexity index is 1240. The number of hydrogen-bond donors (Lipinski definition) is 2. The monoisotopic (exact) mass is 450 g/mol. The molecule has 0 saturated heterocycles. The molecule has 0 saturated carbocycles. The summed E-state index contributed by atoms with van der Waals surface area (Å²) in [5.74, 6) is -0.0322. The molecular weight excluding hydrogens is 433 g/mol. The SMILES string of the molecule is CC(=O)Nc1cc(-c2cnc(C)c(NS(=O)(=O)c3ccccc3C(F)(F)F)c2)ccn1. The fraction of sp³-hybridized carbons (Fsp3) is 0.150. The molecule has 1 amide bonds. The van der Waals surface area contributed by atoms with E-state index in [9.17, 15) is 26.4 Å². The highest BCUT2D eigenvalue weighted by Gasteiger charge is 2.37. The molecule has 0 atom stereocenters. The number of amides is 1. The van der Waals surface area contributed by atoms with Gasteiger partial charge in [0.25, 0.3) is 10.0 Å². The van der Waals surface area contributed by atoms with Crippen LogP contribution in [0.2, 0.25) is 0 Å². The lowest BCUT2D eigenvalue weighted by Gasteiger charge is -2.16. The van der Waals surface area contributed by atoms with Crippen LogP contribution in [0.1, 0.15) is 18.2 Å². The van der Waals surface area contributed by atoms with Crippen LogP contribution in [-0.2, 0) is 21.0 Å². The number of halogens is 3. The first-order valence-corrected chi connectivity index (χ1v) is 10.4. The van der Waals surface area contributed by atoms with Crippen molar-refractivity contribution in [3.63, 3.8) is 0 Å². The molecule has 2 aromatic heterocycles. The van der Waals surface area contributed by atoms with Crippen molar-refractivity contribution in [1.29, 1.82) is 0 Å². The predicted octanol–water partition coefficient (Wildman–Crippen LogP) is 4.23. The summed E-state index contributed by atoms with van der Waals surface area (Å²) in [5.41, 5.74) is 0.0717. The van der Waals surface area contributed by atoms with Gasteiger partial charge in [0.15, 0.2) is 0 Å². The quantitative estimate of drug-likeness (QED) is 0.606. The predicted molar refractivity (Wildman–Crippen MR) is 109 cm³/mol. The van der Waals surface area contributed by atoms with Crippen LogP contribution in [-0.4, -0.2) is 24.3 Å². The number of carbonyl (C=O) groups is 1. The van der Waals surface area contributed by atoms with E-state index in [2.05, 4.69) is 20.0 Å². The summed E-state index contributed by atoms with van der Waals surface area (Å²) in [7, 11) is -4.55. The van der Waals surface area contributed by atoms with Crippen molar-refractivity contribution in [2.75, 3.05) is 10.0 Å². The smallest absolute Gasteiger partial charge is 0.311 e. The highest BCUT2D eigenvalue weighted by molar-refractivity contribution is 7.92. The molecule has 1 aromatic carbocycles. The lowest BCUT2D eigenvalue weighted by atomic mass is 10.1. The van der Waals surface area contributed by atoms with Crippen LogP contribution in [0.3, 0.4) is 0 Å². The Balaban J connectivity index is 2.00. The summed E-state index contributed by atoms with van der Waals surface area (Å²) in [6, 6.07) is 8.55. The Morgan fingerprint density at radius 3 is 2.42 bits per heavy atom. The van der Waals surface area contributed by atoms with Gasteiger partial charge >= 0.3 is 6.18 Å². The lowest BCUT2D eigenvalue weighted by Crippen LogP contribution is -2.19. The summed E-state index contributed by atoms with van der Waals surface area (Å²) in [6.45, 7) is 2.85. The number of hydrogen-bond acceptors (Lipinski definition) is 5. The first-order valence-electron chi connectivity index (χ1n) is 8.87. The van der Waals surface area contributed by atoms with Crippen LogP contribution in [0.4, 0.5) is 24.7 Å². The van der Waals surface area contributed by atoms with Gasteiger partial charge in [-0.1, -0.05) is 12.1 Å². The van der Waals surface area contributed by atoms with E-state index >= 15 is 0 Å². The maximum Gasteiger partial charge on any atom is 0.417 e. The molecule has 2 heterocycles. The third-order valence-corrected chi connectivity index (χ3v) is 5.63. The summed E-state index contributed by atoms with van der Waals surface area (Å²) in [6.07, 6.45) is -1.91. The third-order valence-electron chi connectivity index (χ3n) is 4.21. The zero-order valence-electron chi connectivity index (χ0n) is 16.4. The van der Waals surface area contributed by atoms with Crippen LogP contribution in [0, 0.1) is 6.92 Å². The van der Waals surface area contributed by atoms with Gasteiger partial charge < -0.3 is 5.32 Å². The van der Waals surface area contributed by atoms with E-state index in [0.717, 1.165) is 12.1 Å². The van der Waals surface area contributed by atoms with Crippen LogP contribution in [0.5, 0.6) is 0 Å². The second-order valence-corrected chi connectivity index (χ2v) is 8.22. The van der Waals surface area contributed by atoms with Gasteiger partial charge in [-0.25, -0.2) is 13.4 Å². The molecule has 31 heavy (non-hydrogen) atoms. The Kier molecular flexibility index (Phi) is 5.98. The number of pyridine rings is 2. The molecular formula is C20H17F3N4O3S. The molecule has 3 rings (SSSR count). The molecule has 11 heteroatoms. The van der Waals surface area contributed by atoms with E-state index in [0.29, 0.717) is 17.2 Å². The molecule has 3 aromatic rings. The first kappa shape index (κ1) is 22.2. The minimum Gasteiger partial charge on any atom is -0.311 e. The molecule has 0 aliphatic carbocycles. The fourth-order valence-corrected chi connectivity index (χ4v) is 4.13. The Labute approximate surface area is 176 Å². The number of nitrogens with one attached hydrogen (secondary N) is 2. The minimum absolute atomic E-state index is 0.0207. The van der Waals surface area contributed by atoms with Crippen molar-refractivity contribution in [3.05, 3.63) is 66.1 Å². The number of alkyl halides is 3. The zero-order chi connectivity index (χ0) is 22.8. The van der Waals surface area contributed by atoms with E-state index in [1.165, 1.54) is 38.4 Å². The number of rotatable bonds is 5. The minimum atomic E-state index is -4.84. The van der Waals surface area contributed by atoms with Gasteiger partial charge in [-0.3, -0.25) is 14.5 Å². The summed E-state index contributed by atoms with van der Waals surface area (Å²) in [4.78, 5) is 18.5. The van der Waals surface area contributed by atoms with Gasteiger partial charge in [0, 0.05) is 24.9 Å². The average Bonchev–Trinajstić information content (AvgIpc) is 2.68. The number of nitrogens with zero attached hydrogens (tertiary/aromatic N) is 2. The Morgan fingerprint density at radius 1 is 1.03 bits per heavy atom. The van der Waals surface area contributed by atoms with Gasteiger partial charge in [0.2, 0.25) is 5.91 Å². The number of sulfonamides is 1. The molecule has 0 aliphatic heterocycles. The largest absolute Gasteiger partial charge is 0.417 e. The van der Waals surface area contributed by atoms with E-state index in [-0.39, 0.29) is 23.1 Å². The van der Waals surface area contributed by atoms with Crippen molar-refractivity contribution in [3.8, 4) is 11.1 Å². The van der Waals surface area contributed by atoms with E-state index in [4.69, 9.17) is 0 Å². The maximum absolute atomic E-state index is 13.3. The van der Waals surface area contributed by atoms with Crippen LogP contribution >= 0.6 is 0 Å². The highest BCUT2D eigenvalue weighted by Crippen LogP contribution is 2.35. The van der Waals surface area contributed by atoms with Crippen LogP contribution in [0.15, 0.2) is 59.8 Å². The number of benzene rings is 1. The second-order valence-electron chi connectivity index (χ2n) is 6.57. The van der Waals surface area contributed by atoms with Gasteiger partial charge in [0.05, 0.1) is 21.8 Å². The molecule has 0 unspecified atom stereocenters. The van der Waals surface area contributed by atoms with Gasteiger partial charge in [-0.05, 0) is 42.8 Å². The lowest BCUT2D eigenvalue weighted by molar-refractivity contribution is -0.139. The van der Waals surface area contributed by atoms with Gasteiger partial charge in [-0.15, -0.1) is 0 Å². The third kappa shape index (κ3) is 5.18. The highest BCUT2D eigenvalue weighted by atomic mass is 32.2. The summed E-state index contributed by atoms with van der Waals surface area (Å²) in [5, 5.41) is 2.53. The second kappa shape index (κ2) is 8.34.